The summed E-state index contributed by atoms with van der Waals surface area (Å²) in [6.45, 7) is 14.2. The Hall–Kier alpha value is -0.420. The van der Waals surface area contributed by atoms with Crippen molar-refractivity contribution in [2.24, 2.45) is 4.99 Å². The first kappa shape index (κ1) is 18.6. The van der Waals surface area contributed by atoms with E-state index in [1.165, 1.54) is 0 Å². The Labute approximate surface area is 123 Å². The van der Waals surface area contributed by atoms with Gasteiger partial charge in [-0.15, -0.1) is 0 Å². The van der Waals surface area contributed by atoms with Crippen molar-refractivity contribution in [1.29, 1.82) is 0 Å². The number of nitrogens with one attached hydrogen (secondary N) is 2. The molecule has 0 amide bonds. The number of aliphatic imine (C=N–C) groups is 1. The van der Waals surface area contributed by atoms with E-state index in [4.69, 9.17) is 0 Å². The zero-order chi connectivity index (χ0) is 14.7. The van der Waals surface area contributed by atoms with Gasteiger partial charge in [-0.1, -0.05) is 13.8 Å². The van der Waals surface area contributed by atoms with Crippen LogP contribution in [0, 0.1) is 0 Å². The molecule has 0 unspecified atom stereocenters. The largest absolute Gasteiger partial charge is 0.356 e. The summed E-state index contributed by atoms with van der Waals surface area (Å²) < 4.78 is 0.235. The first-order valence-corrected chi connectivity index (χ1v) is 8.43. The maximum Gasteiger partial charge on any atom is 0.191 e. The van der Waals surface area contributed by atoms with Gasteiger partial charge in [0.15, 0.2) is 5.96 Å². The predicted molar refractivity (Wildman–Crippen MR) is 89.4 cm³/mol. The first-order valence-electron chi connectivity index (χ1n) is 7.21. The number of guanidine groups is 1. The first-order chi connectivity index (χ1) is 8.99. The van der Waals surface area contributed by atoms with Crippen LogP contribution in [0.4, 0.5) is 0 Å². The van der Waals surface area contributed by atoms with Crippen LogP contribution in [0.1, 0.15) is 34.1 Å². The van der Waals surface area contributed by atoms with E-state index >= 15 is 0 Å². The van der Waals surface area contributed by atoms with Crippen LogP contribution in [0.3, 0.4) is 0 Å². The molecule has 0 bridgehead atoms. The third-order valence-electron chi connectivity index (χ3n) is 3.30. The number of hydrogen-bond donors (Lipinski definition) is 2. The van der Waals surface area contributed by atoms with Gasteiger partial charge in [0.1, 0.15) is 0 Å². The van der Waals surface area contributed by atoms with Crippen molar-refractivity contribution in [3.05, 3.63) is 0 Å². The Bertz CT molecular complexity index is 250. The second-order valence-electron chi connectivity index (χ2n) is 5.20. The van der Waals surface area contributed by atoms with Gasteiger partial charge < -0.3 is 15.5 Å². The van der Waals surface area contributed by atoms with E-state index < -0.39 is 0 Å². The summed E-state index contributed by atoms with van der Waals surface area (Å²) in [7, 11) is 1.83. The molecule has 0 aliphatic heterocycles. The van der Waals surface area contributed by atoms with Gasteiger partial charge >= 0.3 is 0 Å². The highest BCUT2D eigenvalue weighted by Crippen LogP contribution is 2.19. The molecule has 0 saturated carbocycles. The van der Waals surface area contributed by atoms with Crippen molar-refractivity contribution in [3.63, 3.8) is 0 Å². The van der Waals surface area contributed by atoms with Crippen LogP contribution in [-0.4, -0.2) is 61.6 Å². The number of rotatable bonds is 9. The molecular weight excluding hydrogens is 256 g/mol. The molecule has 4 nitrogen and oxygen atoms in total. The third kappa shape index (κ3) is 9.16. The normalized spacial score (nSPS) is 12.9. The molecule has 0 aliphatic carbocycles. The van der Waals surface area contributed by atoms with Gasteiger partial charge in [-0.05, 0) is 46.2 Å². The standard InChI is InChI=1S/C14H32N4S/c1-7-18(8-2)11-9-10-16-13(15-5)17-12-14(3,4)19-6/h7-12H2,1-6H3,(H2,15,16,17). The summed E-state index contributed by atoms with van der Waals surface area (Å²) in [5.74, 6) is 0.904. The van der Waals surface area contributed by atoms with Crippen LogP contribution in [0.25, 0.3) is 0 Å². The van der Waals surface area contributed by atoms with E-state index in [0.29, 0.717) is 0 Å². The van der Waals surface area contributed by atoms with E-state index in [0.717, 1.165) is 45.1 Å². The molecule has 2 N–H and O–H groups in total. The minimum Gasteiger partial charge on any atom is -0.356 e. The summed E-state index contributed by atoms with van der Waals surface area (Å²) >= 11 is 1.87. The summed E-state index contributed by atoms with van der Waals surface area (Å²) in [4.78, 5) is 6.69. The molecule has 114 valence electrons. The molecular formula is C14H32N4S. The van der Waals surface area contributed by atoms with Gasteiger partial charge in [0.2, 0.25) is 0 Å². The molecule has 0 aromatic rings. The smallest absolute Gasteiger partial charge is 0.191 e. The average molecular weight is 289 g/mol. The molecule has 0 fully saturated rings. The van der Waals surface area contributed by atoms with E-state index in [1.807, 2.05) is 18.8 Å². The van der Waals surface area contributed by atoms with Gasteiger partial charge in [-0.3, -0.25) is 4.99 Å². The van der Waals surface area contributed by atoms with Gasteiger partial charge in [-0.2, -0.15) is 11.8 Å². The van der Waals surface area contributed by atoms with Crippen molar-refractivity contribution in [2.75, 3.05) is 46.0 Å². The Morgan fingerprint density at radius 1 is 1.21 bits per heavy atom. The van der Waals surface area contributed by atoms with Crippen molar-refractivity contribution in [1.82, 2.24) is 15.5 Å². The number of hydrogen-bond acceptors (Lipinski definition) is 3. The van der Waals surface area contributed by atoms with Gasteiger partial charge in [0.25, 0.3) is 0 Å². The van der Waals surface area contributed by atoms with Gasteiger partial charge in [0.05, 0.1) is 0 Å². The molecule has 5 heteroatoms. The fourth-order valence-corrected chi connectivity index (χ4v) is 1.86. The highest BCUT2D eigenvalue weighted by atomic mass is 32.2. The fraction of sp³-hybridized carbons (Fsp3) is 0.929. The molecule has 19 heavy (non-hydrogen) atoms. The van der Waals surface area contributed by atoms with Gasteiger partial charge in [-0.25, -0.2) is 0 Å². The molecule has 0 aliphatic rings. The quantitative estimate of drug-likeness (QED) is 0.387. The van der Waals surface area contributed by atoms with E-state index in [2.05, 4.69) is 54.5 Å². The number of thioether (sulfide) groups is 1. The van der Waals surface area contributed by atoms with Crippen LogP contribution in [0.15, 0.2) is 4.99 Å². The van der Waals surface area contributed by atoms with Gasteiger partial charge in [0, 0.05) is 24.9 Å². The molecule has 0 heterocycles. The lowest BCUT2D eigenvalue weighted by molar-refractivity contribution is 0.300. The Morgan fingerprint density at radius 2 is 1.84 bits per heavy atom. The van der Waals surface area contributed by atoms with Crippen molar-refractivity contribution < 1.29 is 0 Å². The third-order valence-corrected chi connectivity index (χ3v) is 4.55. The highest BCUT2D eigenvalue weighted by Gasteiger charge is 2.15. The lowest BCUT2D eigenvalue weighted by Crippen LogP contribution is -2.44. The minimum absolute atomic E-state index is 0.235. The van der Waals surface area contributed by atoms with Crippen molar-refractivity contribution in [2.45, 2.75) is 38.9 Å². The topological polar surface area (TPSA) is 39.7 Å². The lowest BCUT2D eigenvalue weighted by Gasteiger charge is -2.24. The van der Waals surface area contributed by atoms with Crippen molar-refractivity contribution >= 4 is 17.7 Å². The maximum atomic E-state index is 4.25. The predicted octanol–water partition coefficient (Wildman–Crippen LogP) is 2.02. The Morgan fingerprint density at radius 3 is 2.32 bits per heavy atom. The summed E-state index contributed by atoms with van der Waals surface area (Å²) in [6, 6.07) is 0. The minimum atomic E-state index is 0.235. The maximum absolute atomic E-state index is 4.25. The van der Waals surface area contributed by atoms with Crippen LogP contribution in [0.2, 0.25) is 0 Å². The van der Waals surface area contributed by atoms with E-state index in [-0.39, 0.29) is 4.75 Å². The summed E-state index contributed by atoms with van der Waals surface area (Å²) in [6.07, 6.45) is 3.29. The van der Waals surface area contributed by atoms with Crippen LogP contribution in [0.5, 0.6) is 0 Å². The Kier molecular flexibility index (Phi) is 10.1. The second kappa shape index (κ2) is 10.4. The second-order valence-corrected chi connectivity index (χ2v) is 6.71. The monoisotopic (exact) mass is 288 g/mol. The molecule has 0 rings (SSSR count). The Balaban J connectivity index is 3.84. The zero-order valence-corrected chi connectivity index (χ0v) is 14.4. The van der Waals surface area contributed by atoms with E-state index in [9.17, 15) is 0 Å². The highest BCUT2D eigenvalue weighted by molar-refractivity contribution is 7.99. The summed E-state index contributed by atoms with van der Waals surface area (Å²) in [5.41, 5.74) is 0. The molecule has 0 saturated heterocycles. The van der Waals surface area contributed by atoms with Crippen LogP contribution >= 0.6 is 11.8 Å². The molecule has 0 aromatic carbocycles. The zero-order valence-electron chi connectivity index (χ0n) is 13.5. The molecule has 0 spiro atoms. The molecule has 0 radical (unpaired) electrons. The SMILES string of the molecule is CCN(CC)CCCNC(=NC)NCC(C)(C)SC. The average Bonchev–Trinajstić information content (AvgIpc) is 2.42. The molecule has 0 aromatic heterocycles. The van der Waals surface area contributed by atoms with Crippen molar-refractivity contribution in [3.8, 4) is 0 Å². The lowest BCUT2D eigenvalue weighted by atomic mass is 10.2. The summed E-state index contributed by atoms with van der Waals surface area (Å²) in [5, 5.41) is 6.75. The van der Waals surface area contributed by atoms with Crippen LogP contribution < -0.4 is 10.6 Å². The fourth-order valence-electron chi connectivity index (χ4n) is 1.64. The molecule has 0 atom stereocenters. The van der Waals surface area contributed by atoms with Crippen LogP contribution in [-0.2, 0) is 0 Å². The number of nitrogens with zero attached hydrogens (tertiary/aromatic N) is 2. The van der Waals surface area contributed by atoms with E-state index in [1.54, 1.807) is 0 Å².